The summed E-state index contributed by atoms with van der Waals surface area (Å²) in [5, 5.41) is 9.64. The van der Waals surface area contributed by atoms with Crippen molar-refractivity contribution in [3.8, 4) is 0 Å². The van der Waals surface area contributed by atoms with Gasteiger partial charge < -0.3 is 10.0 Å². The molecule has 1 atom stereocenters. The highest BCUT2D eigenvalue weighted by molar-refractivity contribution is 9.10. The molecule has 0 unspecified atom stereocenters. The second-order valence-electron chi connectivity index (χ2n) is 5.99. The molecule has 1 fully saturated rings. The van der Waals surface area contributed by atoms with E-state index in [1.807, 2.05) is 12.1 Å². The fourth-order valence-electron chi connectivity index (χ4n) is 2.30. The van der Waals surface area contributed by atoms with Crippen molar-refractivity contribution < 1.29 is 5.11 Å². The lowest BCUT2D eigenvalue weighted by atomic mass is 10.1. The van der Waals surface area contributed by atoms with Gasteiger partial charge in [0.05, 0.1) is 11.8 Å². The Morgan fingerprint density at radius 3 is 2.47 bits per heavy atom. The van der Waals surface area contributed by atoms with Crippen molar-refractivity contribution in [2.45, 2.75) is 52.2 Å². The van der Waals surface area contributed by atoms with Crippen molar-refractivity contribution >= 4 is 21.6 Å². The molecule has 0 heterocycles. The number of nitrogens with zero attached hydrogens (tertiary/aromatic N) is 1. The van der Waals surface area contributed by atoms with Gasteiger partial charge in [0.15, 0.2) is 0 Å². The van der Waals surface area contributed by atoms with Crippen molar-refractivity contribution in [2.24, 2.45) is 5.92 Å². The molecule has 19 heavy (non-hydrogen) atoms. The first-order valence-corrected chi connectivity index (χ1v) is 8.02. The molecule has 1 aliphatic rings. The number of hydrogen-bond acceptors (Lipinski definition) is 2. The van der Waals surface area contributed by atoms with E-state index in [2.05, 4.69) is 40.7 Å². The van der Waals surface area contributed by atoms with Crippen LogP contribution in [0.2, 0.25) is 0 Å². The third-order valence-corrected chi connectivity index (χ3v) is 4.33. The standard InChI is InChI=1S/C16H24BrNO/c1-11(2)8-9-18(14-5-6-14)16-7-4-13(12(3)19)10-15(16)17/h4,7,10-12,14,19H,5-6,8-9H2,1-3H3/t12-/m1/s1. The molecule has 1 aliphatic carbocycles. The van der Waals surface area contributed by atoms with Crippen LogP contribution in [0.5, 0.6) is 0 Å². The summed E-state index contributed by atoms with van der Waals surface area (Å²) in [5.41, 5.74) is 2.24. The smallest absolute Gasteiger partial charge is 0.0762 e. The fraction of sp³-hybridized carbons (Fsp3) is 0.625. The van der Waals surface area contributed by atoms with Gasteiger partial charge in [-0.05, 0) is 65.7 Å². The molecular weight excluding hydrogens is 302 g/mol. The van der Waals surface area contributed by atoms with Crippen LogP contribution in [-0.4, -0.2) is 17.7 Å². The van der Waals surface area contributed by atoms with Crippen LogP contribution < -0.4 is 4.90 Å². The lowest BCUT2D eigenvalue weighted by molar-refractivity contribution is 0.199. The summed E-state index contributed by atoms with van der Waals surface area (Å²) in [6.45, 7) is 7.47. The van der Waals surface area contributed by atoms with Crippen LogP contribution >= 0.6 is 15.9 Å². The third-order valence-electron chi connectivity index (χ3n) is 3.70. The molecule has 0 aromatic heterocycles. The number of aliphatic hydroxyl groups excluding tert-OH is 1. The zero-order valence-corrected chi connectivity index (χ0v) is 13.7. The van der Waals surface area contributed by atoms with E-state index in [-0.39, 0.29) is 0 Å². The zero-order valence-electron chi connectivity index (χ0n) is 12.1. The van der Waals surface area contributed by atoms with Crippen molar-refractivity contribution in [1.29, 1.82) is 0 Å². The minimum absolute atomic E-state index is 0.407. The molecule has 106 valence electrons. The van der Waals surface area contributed by atoms with E-state index in [9.17, 15) is 5.11 Å². The molecule has 0 aliphatic heterocycles. The van der Waals surface area contributed by atoms with Crippen LogP contribution in [-0.2, 0) is 0 Å². The Bertz CT molecular complexity index is 427. The molecule has 1 aromatic carbocycles. The Labute approximate surface area is 124 Å². The van der Waals surface area contributed by atoms with E-state index in [1.165, 1.54) is 24.9 Å². The van der Waals surface area contributed by atoms with Gasteiger partial charge in [-0.2, -0.15) is 0 Å². The third kappa shape index (κ3) is 3.96. The Hall–Kier alpha value is -0.540. The summed E-state index contributed by atoms with van der Waals surface area (Å²) in [7, 11) is 0. The molecule has 0 radical (unpaired) electrons. The summed E-state index contributed by atoms with van der Waals surface area (Å²) < 4.78 is 1.10. The van der Waals surface area contributed by atoms with Crippen LogP contribution in [0.25, 0.3) is 0 Å². The lowest BCUT2D eigenvalue weighted by Crippen LogP contribution is -2.28. The summed E-state index contributed by atoms with van der Waals surface area (Å²) >= 11 is 3.67. The minimum Gasteiger partial charge on any atom is -0.389 e. The monoisotopic (exact) mass is 325 g/mol. The van der Waals surface area contributed by atoms with E-state index in [4.69, 9.17) is 0 Å². The molecule has 1 aromatic rings. The molecule has 0 saturated heterocycles. The SMILES string of the molecule is CC(C)CCN(c1ccc([C@@H](C)O)cc1Br)C1CC1. The van der Waals surface area contributed by atoms with Crippen LogP contribution in [0.1, 0.15) is 51.7 Å². The number of hydrogen-bond donors (Lipinski definition) is 1. The van der Waals surface area contributed by atoms with Crippen LogP contribution in [0.3, 0.4) is 0 Å². The van der Waals surface area contributed by atoms with Gasteiger partial charge in [-0.25, -0.2) is 0 Å². The number of rotatable bonds is 6. The molecule has 1 N–H and O–H groups in total. The first-order chi connectivity index (χ1) is 8.99. The first kappa shape index (κ1) is 14.9. The Balaban J connectivity index is 2.17. The van der Waals surface area contributed by atoms with Crippen LogP contribution in [0.15, 0.2) is 22.7 Å². The van der Waals surface area contributed by atoms with Crippen molar-refractivity contribution in [2.75, 3.05) is 11.4 Å². The highest BCUT2D eigenvalue weighted by Gasteiger charge is 2.30. The van der Waals surface area contributed by atoms with E-state index < -0.39 is 6.10 Å². The molecule has 0 amide bonds. The van der Waals surface area contributed by atoms with Gasteiger partial charge in [-0.15, -0.1) is 0 Å². The number of benzene rings is 1. The van der Waals surface area contributed by atoms with Gasteiger partial charge in [-0.1, -0.05) is 19.9 Å². The molecule has 2 nitrogen and oxygen atoms in total. The minimum atomic E-state index is -0.407. The summed E-state index contributed by atoms with van der Waals surface area (Å²) in [6.07, 6.45) is 3.43. The highest BCUT2D eigenvalue weighted by Crippen LogP contribution is 2.37. The Morgan fingerprint density at radius 1 is 1.32 bits per heavy atom. The fourth-order valence-corrected chi connectivity index (χ4v) is 2.92. The van der Waals surface area contributed by atoms with E-state index in [0.29, 0.717) is 6.04 Å². The topological polar surface area (TPSA) is 23.5 Å². The number of anilines is 1. The quantitative estimate of drug-likeness (QED) is 0.831. The molecule has 3 heteroatoms. The van der Waals surface area contributed by atoms with Gasteiger partial charge in [0.1, 0.15) is 0 Å². The lowest BCUT2D eigenvalue weighted by Gasteiger charge is -2.27. The second kappa shape index (κ2) is 6.27. The summed E-state index contributed by atoms with van der Waals surface area (Å²) in [4.78, 5) is 2.52. The van der Waals surface area contributed by atoms with Gasteiger partial charge in [0.2, 0.25) is 0 Å². The van der Waals surface area contributed by atoms with Gasteiger partial charge >= 0.3 is 0 Å². The van der Waals surface area contributed by atoms with Gasteiger partial charge in [-0.3, -0.25) is 0 Å². The van der Waals surface area contributed by atoms with Crippen molar-refractivity contribution in [3.63, 3.8) is 0 Å². The average molecular weight is 326 g/mol. The summed E-state index contributed by atoms with van der Waals surface area (Å²) in [6, 6.07) is 6.94. The Kier molecular flexibility index (Phi) is 4.91. The Morgan fingerprint density at radius 2 is 2.00 bits per heavy atom. The molecule has 0 bridgehead atoms. The molecule has 2 rings (SSSR count). The average Bonchev–Trinajstić information content (AvgIpc) is 3.14. The first-order valence-electron chi connectivity index (χ1n) is 7.23. The predicted molar refractivity (Wildman–Crippen MR) is 84.6 cm³/mol. The maximum absolute atomic E-state index is 9.64. The van der Waals surface area contributed by atoms with Crippen molar-refractivity contribution in [1.82, 2.24) is 0 Å². The highest BCUT2D eigenvalue weighted by atomic mass is 79.9. The zero-order chi connectivity index (χ0) is 14.0. The van der Waals surface area contributed by atoms with Gasteiger partial charge in [0, 0.05) is 17.1 Å². The van der Waals surface area contributed by atoms with E-state index in [1.54, 1.807) is 6.92 Å². The van der Waals surface area contributed by atoms with Crippen LogP contribution in [0, 0.1) is 5.92 Å². The molecule has 1 saturated carbocycles. The maximum Gasteiger partial charge on any atom is 0.0762 e. The maximum atomic E-state index is 9.64. The second-order valence-corrected chi connectivity index (χ2v) is 6.85. The largest absolute Gasteiger partial charge is 0.389 e. The normalized spacial score (nSPS) is 16.7. The molecule has 0 spiro atoms. The van der Waals surface area contributed by atoms with Gasteiger partial charge in [0.25, 0.3) is 0 Å². The van der Waals surface area contributed by atoms with Crippen LogP contribution in [0.4, 0.5) is 5.69 Å². The van der Waals surface area contributed by atoms with E-state index >= 15 is 0 Å². The number of halogens is 1. The van der Waals surface area contributed by atoms with E-state index in [0.717, 1.165) is 22.5 Å². The summed E-state index contributed by atoms with van der Waals surface area (Å²) in [5.74, 6) is 0.733. The molecular formula is C16H24BrNO. The number of aliphatic hydroxyl groups is 1. The predicted octanol–water partition coefficient (Wildman–Crippen LogP) is 4.52. The van der Waals surface area contributed by atoms with Crippen molar-refractivity contribution in [3.05, 3.63) is 28.2 Å².